The summed E-state index contributed by atoms with van der Waals surface area (Å²) < 4.78 is 13.2. The van der Waals surface area contributed by atoms with Crippen molar-refractivity contribution >= 4 is 11.8 Å². The van der Waals surface area contributed by atoms with Crippen molar-refractivity contribution in [1.29, 1.82) is 0 Å². The lowest BCUT2D eigenvalue weighted by molar-refractivity contribution is -0.142. The van der Waals surface area contributed by atoms with Gasteiger partial charge in [0.1, 0.15) is 11.9 Å². The maximum absolute atomic E-state index is 13.2. The molecule has 0 aliphatic carbocycles. The van der Waals surface area contributed by atoms with Crippen LogP contribution in [0.4, 0.5) is 4.39 Å². The topological polar surface area (TPSA) is 52.7 Å². The zero-order valence-corrected chi connectivity index (χ0v) is 12.3. The van der Waals surface area contributed by atoms with Gasteiger partial charge in [-0.1, -0.05) is 12.1 Å². The van der Waals surface area contributed by atoms with Gasteiger partial charge in [0.05, 0.1) is 0 Å². The maximum Gasteiger partial charge on any atom is 0.243 e. The minimum Gasteiger partial charge on any atom is -0.357 e. The van der Waals surface area contributed by atoms with Gasteiger partial charge in [-0.3, -0.25) is 14.5 Å². The Morgan fingerprint density at radius 1 is 1.38 bits per heavy atom. The number of amides is 2. The van der Waals surface area contributed by atoms with Gasteiger partial charge in [-0.15, -0.1) is 0 Å². The normalized spacial score (nSPS) is 19.4. The van der Waals surface area contributed by atoms with Crippen LogP contribution in [0.3, 0.4) is 0 Å². The number of nitrogens with zero attached hydrogens (tertiary/aromatic N) is 2. The summed E-state index contributed by atoms with van der Waals surface area (Å²) in [6, 6.07) is 5.94. The zero-order chi connectivity index (χ0) is 15.4. The first kappa shape index (κ1) is 15.4. The van der Waals surface area contributed by atoms with Gasteiger partial charge in [-0.25, -0.2) is 4.39 Å². The zero-order valence-electron chi connectivity index (χ0n) is 12.3. The van der Waals surface area contributed by atoms with Crippen LogP contribution in [-0.4, -0.2) is 54.3 Å². The molecule has 0 radical (unpaired) electrons. The van der Waals surface area contributed by atoms with Crippen LogP contribution in [0.15, 0.2) is 24.3 Å². The van der Waals surface area contributed by atoms with Gasteiger partial charge in [-0.2, -0.15) is 0 Å². The van der Waals surface area contributed by atoms with Gasteiger partial charge in [0, 0.05) is 40.2 Å². The quantitative estimate of drug-likeness (QED) is 0.888. The summed E-state index contributed by atoms with van der Waals surface area (Å²) in [4.78, 5) is 27.2. The summed E-state index contributed by atoms with van der Waals surface area (Å²) in [7, 11) is 1.56. The van der Waals surface area contributed by atoms with E-state index in [4.69, 9.17) is 0 Å². The molecule has 114 valence electrons. The van der Waals surface area contributed by atoms with Gasteiger partial charge in [0.2, 0.25) is 11.8 Å². The van der Waals surface area contributed by atoms with Crippen LogP contribution in [0.1, 0.15) is 12.5 Å². The van der Waals surface area contributed by atoms with Crippen molar-refractivity contribution in [2.75, 3.05) is 26.7 Å². The standard InChI is InChI=1S/C15H20FN3O2/c1-11(20)19-7-6-18(10-14(19)15(21)17-2)9-12-4-3-5-13(16)8-12/h3-5,8,14H,6-7,9-10H2,1-2H3,(H,17,21)/t14-/m0/s1. The molecule has 0 saturated carbocycles. The minimum absolute atomic E-state index is 0.103. The minimum atomic E-state index is -0.491. The summed E-state index contributed by atoms with van der Waals surface area (Å²) in [5, 5.41) is 2.59. The molecule has 5 nitrogen and oxygen atoms in total. The van der Waals surface area contributed by atoms with Gasteiger partial charge >= 0.3 is 0 Å². The summed E-state index contributed by atoms with van der Waals surface area (Å²) in [6.07, 6.45) is 0. The van der Waals surface area contributed by atoms with Crippen LogP contribution in [0.5, 0.6) is 0 Å². The molecule has 0 bridgehead atoms. The molecule has 1 N–H and O–H groups in total. The van der Waals surface area contributed by atoms with E-state index in [1.165, 1.54) is 19.1 Å². The highest BCUT2D eigenvalue weighted by Crippen LogP contribution is 2.14. The number of carbonyl (C=O) groups excluding carboxylic acids is 2. The largest absolute Gasteiger partial charge is 0.357 e. The van der Waals surface area contributed by atoms with Crippen LogP contribution < -0.4 is 5.32 Å². The molecule has 1 fully saturated rings. The molecule has 1 atom stereocenters. The second-order valence-corrected chi connectivity index (χ2v) is 5.21. The predicted molar refractivity (Wildman–Crippen MR) is 76.9 cm³/mol. The number of carbonyl (C=O) groups is 2. The van der Waals surface area contributed by atoms with Crippen LogP contribution >= 0.6 is 0 Å². The third-order valence-electron chi connectivity index (χ3n) is 3.71. The number of hydrogen-bond donors (Lipinski definition) is 1. The Hall–Kier alpha value is -1.95. The molecule has 1 aromatic carbocycles. The first-order valence-corrected chi connectivity index (χ1v) is 6.97. The number of rotatable bonds is 3. The average Bonchev–Trinajstić information content (AvgIpc) is 2.46. The lowest BCUT2D eigenvalue weighted by Crippen LogP contribution is -2.59. The van der Waals surface area contributed by atoms with Gasteiger partial charge in [0.15, 0.2) is 0 Å². The molecule has 0 aromatic heterocycles. The molecule has 0 unspecified atom stereocenters. The molecular weight excluding hydrogens is 273 g/mol. The van der Waals surface area contributed by atoms with Gasteiger partial charge in [0.25, 0.3) is 0 Å². The second-order valence-electron chi connectivity index (χ2n) is 5.21. The fourth-order valence-electron chi connectivity index (χ4n) is 2.64. The number of hydrogen-bond acceptors (Lipinski definition) is 3. The summed E-state index contributed by atoms with van der Waals surface area (Å²) >= 11 is 0. The van der Waals surface area contributed by atoms with E-state index in [1.807, 2.05) is 6.07 Å². The lowest BCUT2D eigenvalue weighted by atomic mass is 10.1. The fourth-order valence-corrected chi connectivity index (χ4v) is 2.64. The molecule has 1 aliphatic heterocycles. The highest BCUT2D eigenvalue weighted by molar-refractivity contribution is 5.87. The second kappa shape index (κ2) is 6.67. The van der Waals surface area contributed by atoms with Gasteiger partial charge in [-0.05, 0) is 17.7 Å². The van der Waals surface area contributed by atoms with Gasteiger partial charge < -0.3 is 10.2 Å². The first-order valence-electron chi connectivity index (χ1n) is 6.97. The maximum atomic E-state index is 13.2. The molecule has 6 heteroatoms. The fraction of sp³-hybridized carbons (Fsp3) is 0.467. The smallest absolute Gasteiger partial charge is 0.243 e. The van der Waals surface area contributed by atoms with E-state index in [1.54, 1.807) is 18.0 Å². The van der Waals surface area contributed by atoms with E-state index in [9.17, 15) is 14.0 Å². The van der Waals surface area contributed by atoms with Crippen molar-refractivity contribution < 1.29 is 14.0 Å². The Kier molecular flexibility index (Phi) is 4.90. The van der Waals surface area contributed by atoms with Crippen molar-refractivity contribution in [3.05, 3.63) is 35.6 Å². The van der Waals surface area contributed by atoms with E-state index >= 15 is 0 Å². The Morgan fingerprint density at radius 2 is 2.14 bits per heavy atom. The molecule has 1 aliphatic rings. The molecular formula is C15H20FN3O2. The lowest BCUT2D eigenvalue weighted by Gasteiger charge is -2.40. The van der Waals surface area contributed by atoms with Crippen molar-refractivity contribution in [2.45, 2.75) is 19.5 Å². The van der Waals surface area contributed by atoms with Crippen molar-refractivity contribution in [3.63, 3.8) is 0 Å². The number of piperazine rings is 1. The monoisotopic (exact) mass is 293 g/mol. The molecule has 1 saturated heterocycles. The SMILES string of the molecule is CNC(=O)[C@@H]1CN(Cc2cccc(F)c2)CCN1C(C)=O. The number of likely N-dealkylation sites (N-methyl/N-ethyl adjacent to an activating group) is 1. The van der Waals surface area contributed by atoms with E-state index < -0.39 is 6.04 Å². The first-order chi connectivity index (χ1) is 10.0. The molecule has 2 amide bonds. The number of nitrogens with one attached hydrogen (secondary N) is 1. The van der Waals surface area contributed by atoms with E-state index in [2.05, 4.69) is 10.2 Å². The molecule has 2 rings (SSSR count). The van der Waals surface area contributed by atoms with E-state index in [0.717, 1.165) is 5.56 Å². The third kappa shape index (κ3) is 3.78. The number of benzene rings is 1. The molecule has 21 heavy (non-hydrogen) atoms. The van der Waals surface area contributed by atoms with Crippen LogP contribution in [-0.2, 0) is 16.1 Å². The Labute approximate surface area is 123 Å². The Balaban J connectivity index is 2.07. The highest BCUT2D eigenvalue weighted by atomic mass is 19.1. The van der Waals surface area contributed by atoms with Crippen molar-refractivity contribution in [1.82, 2.24) is 15.1 Å². The van der Waals surface area contributed by atoms with E-state index in [0.29, 0.717) is 26.2 Å². The van der Waals surface area contributed by atoms with Crippen molar-refractivity contribution in [3.8, 4) is 0 Å². The van der Waals surface area contributed by atoms with Crippen LogP contribution in [0.25, 0.3) is 0 Å². The van der Waals surface area contributed by atoms with E-state index in [-0.39, 0.29) is 17.6 Å². The Bertz CT molecular complexity index is 535. The highest BCUT2D eigenvalue weighted by Gasteiger charge is 2.33. The predicted octanol–water partition coefficient (Wildman–Crippen LogP) is 0.604. The molecule has 1 aromatic rings. The van der Waals surface area contributed by atoms with Crippen LogP contribution in [0, 0.1) is 5.82 Å². The molecule has 1 heterocycles. The van der Waals surface area contributed by atoms with Crippen molar-refractivity contribution in [2.24, 2.45) is 0 Å². The molecule has 0 spiro atoms. The van der Waals surface area contributed by atoms with Crippen LogP contribution in [0.2, 0.25) is 0 Å². The Morgan fingerprint density at radius 3 is 2.76 bits per heavy atom. The average molecular weight is 293 g/mol. The third-order valence-corrected chi connectivity index (χ3v) is 3.71. The summed E-state index contributed by atoms with van der Waals surface area (Å²) in [5.74, 6) is -0.541. The summed E-state index contributed by atoms with van der Waals surface area (Å²) in [5.41, 5.74) is 0.863. The summed E-state index contributed by atoms with van der Waals surface area (Å²) in [6.45, 7) is 3.66. The number of halogens is 1.